The number of alkyl halides is 3. The van der Waals surface area contributed by atoms with E-state index in [2.05, 4.69) is 19.2 Å². The summed E-state index contributed by atoms with van der Waals surface area (Å²) in [5.41, 5.74) is -0.428. The van der Waals surface area contributed by atoms with Crippen LogP contribution in [0.5, 0.6) is 0 Å². The minimum Gasteiger partial charge on any atom is -0.368 e. The van der Waals surface area contributed by atoms with E-state index >= 15 is 0 Å². The quantitative estimate of drug-likeness (QED) is 0.898. The average molecular weight is 321 g/mol. The zero-order valence-corrected chi connectivity index (χ0v) is 12.9. The summed E-state index contributed by atoms with van der Waals surface area (Å²) in [4.78, 5) is 1.81. The van der Waals surface area contributed by atoms with Gasteiger partial charge in [-0.15, -0.1) is 0 Å². The number of halogens is 4. The van der Waals surface area contributed by atoms with E-state index in [-0.39, 0.29) is 16.8 Å². The highest BCUT2D eigenvalue weighted by Gasteiger charge is 2.36. The molecule has 0 spiro atoms. The minimum atomic E-state index is -4.39. The lowest BCUT2D eigenvalue weighted by molar-refractivity contribution is -0.137. The number of hydrogen-bond acceptors (Lipinski definition) is 2. The predicted octanol–water partition coefficient (Wildman–Crippen LogP) is 4.18. The summed E-state index contributed by atoms with van der Waals surface area (Å²) < 4.78 is 39.6. The first kappa shape index (κ1) is 16.4. The van der Waals surface area contributed by atoms with Crippen molar-refractivity contribution in [3.63, 3.8) is 0 Å². The lowest BCUT2D eigenvalue weighted by Gasteiger charge is -2.37. The topological polar surface area (TPSA) is 15.3 Å². The Hall–Kier alpha value is -0.940. The number of piperazine rings is 1. The molecule has 0 amide bonds. The summed E-state index contributed by atoms with van der Waals surface area (Å²) >= 11 is 5.73. The fraction of sp³-hybridized carbons (Fsp3) is 0.600. The van der Waals surface area contributed by atoms with E-state index in [9.17, 15) is 13.2 Å². The van der Waals surface area contributed by atoms with Crippen molar-refractivity contribution < 1.29 is 13.2 Å². The molecule has 1 N–H and O–H groups in total. The van der Waals surface area contributed by atoms with Gasteiger partial charge in [0.1, 0.15) is 0 Å². The van der Waals surface area contributed by atoms with Crippen LogP contribution >= 0.6 is 11.6 Å². The van der Waals surface area contributed by atoms with Gasteiger partial charge in [0.2, 0.25) is 0 Å². The van der Waals surface area contributed by atoms with Crippen LogP contribution < -0.4 is 10.2 Å². The van der Waals surface area contributed by atoms with Gasteiger partial charge in [-0.1, -0.05) is 25.4 Å². The average Bonchev–Trinajstić information content (AvgIpc) is 2.37. The summed E-state index contributed by atoms with van der Waals surface area (Å²) in [5.74, 6) is 0.509. The lowest BCUT2D eigenvalue weighted by Crippen LogP contribution is -2.51. The van der Waals surface area contributed by atoms with Gasteiger partial charge in [-0.05, 0) is 30.5 Å². The van der Waals surface area contributed by atoms with Crippen molar-refractivity contribution in [2.75, 3.05) is 24.5 Å². The molecular formula is C15H20ClF3N2. The van der Waals surface area contributed by atoms with Gasteiger partial charge in [-0.2, -0.15) is 13.2 Å². The van der Waals surface area contributed by atoms with E-state index in [0.29, 0.717) is 25.6 Å². The van der Waals surface area contributed by atoms with Gasteiger partial charge in [-0.25, -0.2) is 0 Å². The fourth-order valence-electron chi connectivity index (χ4n) is 2.78. The van der Waals surface area contributed by atoms with Crippen LogP contribution in [0.25, 0.3) is 0 Å². The van der Waals surface area contributed by atoms with Crippen molar-refractivity contribution >= 4 is 17.3 Å². The molecular weight excluding hydrogens is 301 g/mol. The molecule has 1 atom stereocenters. The fourth-order valence-corrected chi connectivity index (χ4v) is 2.95. The predicted molar refractivity (Wildman–Crippen MR) is 79.9 cm³/mol. The Morgan fingerprint density at radius 1 is 1.38 bits per heavy atom. The molecule has 1 aromatic rings. The number of benzene rings is 1. The highest BCUT2D eigenvalue weighted by Crippen LogP contribution is 2.38. The molecule has 2 rings (SSSR count). The number of rotatable bonds is 3. The summed E-state index contributed by atoms with van der Waals surface area (Å²) in [6.45, 7) is 6.08. The first-order valence-corrected chi connectivity index (χ1v) is 7.50. The molecule has 0 radical (unpaired) electrons. The Labute approximate surface area is 128 Å². The van der Waals surface area contributed by atoms with Crippen molar-refractivity contribution in [1.82, 2.24) is 5.32 Å². The summed E-state index contributed by atoms with van der Waals surface area (Å²) in [6.07, 6.45) is -3.44. The van der Waals surface area contributed by atoms with Crippen molar-refractivity contribution in [3.05, 3.63) is 28.8 Å². The Morgan fingerprint density at radius 2 is 2.10 bits per heavy atom. The van der Waals surface area contributed by atoms with Crippen LogP contribution in [0.1, 0.15) is 25.8 Å². The van der Waals surface area contributed by atoms with Crippen LogP contribution in [0, 0.1) is 5.92 Å². The van der Waals surface area contributed by atoms with Crippen molar-refractivity contribution in [3.8, 4) is 0 Å². The third-order valence-electron chi connectivity index (χ3n) is 3.62. The molecule has 0 aromatic heterocycles. The Kier molecular flexibility index (Phi) is 5.04. The maximum Gasteiger partial charge on any atom is 0.418 e. The molecule has 0 bridgehead atoms. The smallest absolute Gasteiger partial charge is 0.368 e. The molecule has 1 aliphatic rings. The Morgan fingerprint density at radius 3 is 2.71 bits per heavy atom. The van der Waals surface area contributed by atoms with Gasteiger partial charge in [0.05, 0.1) is 5.56 Å². The summed E-state index contributed by atoms with van der Waals surface area (Å²) in [7, 11) is 0. The second kappa shape index (κ2) is 6.44. The molecule has 1 unspecified atom stereocenters. The number of anilines is 1. The van der Waals surface area contributed by atoms with E-state index < -0.39 is 11.7 Å². The molecule has 21 heavy (non-hydrogen) atoms. The van der Waals surface area contributed by atoms with E-state index in [1.807, 2.05) is 4.90 Å². The first-order valence-electron chi connectivity index (χ1n) is 7.12. The number of nitrogens with zero attached hydrogens (tertiary/aromatic N) is 1. The molecule has 118 valence electrons. The van der Waals surface area contributed by atoms with Gasteiger partial charge in [0, 0.05) is 36.4 Å². The first-order chi connectivity index (χ1) is 9.77. The largest absolute Gasteiger partial charge is 0.418 e. The minimum absolute atomic E-state index is 0.111. The highest BCUT2D eigenvalue weighted by atomic mass is 35.5. The zero-order chi connectivity index (χ0) is 15.6. The van der Waals surface area contributed by atoms with Crippen molar-refractivity contribution in [1.29, 1.82) is 0 Å². The van der Waals surface area contributed by atoms with Gasteiger partial charge in [0.25, 0.3) is 0 Å². The molecule has 6 heteroatoms. The summed E-state index contributed by atoms with van der Waals surface area (Å²) in [5, 5.41) is 3.48. The van der Waals surface area contributed by atoms with Gasteiger partial charge >= 0.3 is 6.18 Å². The monoisotopic (exact) mass is 320 g/mol. The maximum absolute atomic E-state index is 13.2. The lowest BCUT2D eigenvalue weighted by atomic mass is 10.0. The van der Waals surface area contributed by atoms with Gasteiger partial charge < -0.3 is 10.2 Å². The van der Waals surface area contributed by atoms with E-state index in [4.69, 9.17) is 11.6 Å². The number of hydrogen-bond donors (Lipinski definition) is 1. The second-order valence-corrected chi connectivity index (χ2v) is 6.32. The zero-order valence-electron chi connectivity index (χ0n) is 12.2. The van der Waals surface area contributed by atoms with Gasteiger partial charge in [-0.3, -0.25) is 0 Å². The maximum atomic E-state index is 13.2. The molecule has 1 heterocycles. The molecule has 1 aromatic carbocycles. The van der Waals surface area contributed by atoms with Crippen LogP contribution in [0.15, 0.2) is 18.2 Å². The van der Waals surface area contributed by atoms with Crippen LogP contribution in [0.2, 0.25) is 5.02 Å². The molecule has 2 nitrogen and oxygen atoms in total. The van der Waals surface area contributed by atoms with E-state index in [1.165, 1.54) is 12.1 Å². The third kappa shape index (κ3) is 4.27. The van der Waals surface area contributed by atoms with Crippen molar-refractivity contribution in [2.45, 2.75) is 32.5 Å². The molecule has 0 aliphatic carbocycles. The normalized spacial score (nSPS) is 20.1. The second-order valence-electron chi connectivity index (χ2n) is 5.89. The third-order valence-corrected chi connectivity index (χ3v) is 3.85. The molecule has 1 aliphatic heterocycles. The van der Waals surface area contributed by atoms with Crippen LogP contribution in [0.3, 0.4) is 0 Å². The molecule has 1 fully saturated rings. The molecule has 1 saturated heterocycles. The van der Waals surface area contributed by atoms with Crippen LogP contribution in [-0.4, -0.2) is 25.7 Å². The van der Waals surface area contributed by atoms with Gasteiger partial charge in [0.15, 0.2) is 0 Å². The van der Waals surface area contributed by atoms with Crippen LogP contribution in [-0.2, 0) is 6.18 Å². The number of nitrogens with one attached hydrogen (secondary N) is 1. The SMILES string of the molecule is CC(C)CC1CN(c2ccc(Cl)cc2C(F)(F)F)CCN1. The van der Waals surface area contributed by atoms with Crippen molar-refractivity contribution in [2.24, 2.45) is 5.92 Å². The Bertz CT molecular complexity index is 488. The van der Waals surface area contributed by atoms with Crippen LogP contribution in [0.4, 0.5) is 18.9 Å². The highest BCUT2D eigenvalue weighted by molar-refractivity contribution is 6.30. The Balaban J connectivity index is 2.25. The molecule has 0 saturated carbocycles. The standard InChI is InChI=1S/C15H20ClF3N2/c1-10(2)7-12-9-21(6-5-20-12)14-4-3-11(16)8-13(14)15(17,18)19/h3-4,8,10,12,20H,5-7,9H2,1-2H3. The van der Waals surface area contributed by atoms with E-state index in [0.717, 1.165) is 12.5 Å². The summed E-state index contributed by atoms with van der Waals surface area (Å²) in [6, 6.07) is 4.22. The van der Waals surface area contributed by atoms with E-state index in [1.54, 1.807) is 0 Å².